The zero-order valence-electron chi connectivity index (χ0n) is 17.0. The van der Waals surface area contributed by atoms with E-state index in [9.17, 15) is 22.8 Å². The van der Waals surface area contributed by atoms with Gasteiger partial charge in [-0.15, -0.1) is 0 Å². The Morgan fingerprint density at radius 2 is 1.84 bits per heavy atom. The van der Waals surface area contributed by atoms with Gasteiger partial charge >= 0.3 is 6.18 Å². The standard InChI is InChI=1S/C21H21ClF3N5O2/c22-14-5-6-18(26-12-14)29-9-7-28(8-10-29)13-20(32)30-16-4-2-1-3-15(16)27-19(31)11-17(30)21(23,24)25/h1-6,12,17H,7-11,13H2,(H,27,31). The lowest BCUT2D eigenvalue weighted by molar-refractivity contribution is -0.158. The number of para-hydroxylation sites is 2. The monoisotopic (exact) mass is 467 g/mol. The van der Waals surface area contributed by atoms with Gasteiger partial charge in [-0.3, -0.25) is 19.4 Å². The summed E-state index contributed by atoms with van der Waals surface area (Å²) in [7, 11) is 0. The molecular formula is C21H21ClF3N5O2. The van der Waals surface area contributed by atoms with E-state index in [2.05, 4.69) is 10.3 Å². The molecule has 2 amide bonds. The second-order valence-corrected chi connectivity index (χ2v) is 8.12. The molecule has 1 unspecified atom stereocenters. The third-order valence-corrected chi connectivity index (χ3v) is 5.77. The van der Waals surface area contributed by atoms with E-state index in [-0.39, 0.29) is 17.9 Å². The largest absolute Gasteiger partial charge is 0.409 e. The van der Waals surface area contributed by atoms with Crippen molar-refractivity contribution in [1.29, 1.82) is 0 Å². The smallest absolute Gasteiger partial charge is 0.354 e. The van der Waals surface area contributed by atoms with Crippen LogP contribution in [0.25, 0.3) is 0 Å². The number of halogens is 4. The van der Waals surface area contributed by atoms with E-state index in [4.69, 9.17) is 11.6 Å². The number of nitrogens with one attached hydrogen (secondary N) is 1. The molecule has 2 aliphatic rings. The van der Waals surface area contributed by atoms with Crippen LogP contribution in [0.4, 0.5) is 30.4 Å². The third-order valence-electron chi connectivity index (χ3n) is 5.54. The van der Waals surface area contributed by atoms with Gasteiger partial charge in [0, 0.05) is 32.4 Å². The van der Waals surface area contributed by atoms with Crippen LogP contribution in [-0.2, 0) is 9.59 Å². The lowest BCUT2D eigenvalue weighted by Gasteiger charge is -2.37. The number of anilines is 3. The highest BCUT2D eigenvalue weighted by atomic mass is 35.5. The van der Waals surface area contributed by atoms with Crippen LogP contribution in [0.3, 0.4) is 0 Å². The minimum atomic E-state index is -4.75. The maximum atomic E-state index is 13.8. The molecule has 1 N–H and O–H groups in total. The van der Waals surface area contributed by atoms with Crippen molar-refractivity contribution < 1.29 is 22.8 Å². The number of pyridine rings is 1. The fourth-order valence-electron chi connectivity index (χ4n) is 3.95. The van der Waals surface area contributed by atoms with Gasteiger partial charge in [-0.05, 0) is 24.3 Å². The van der Waals surface area contributed by atoms with Crippen LogP contribution in [0.15, 0.2) is 42.6 Å². The summed E-state index contributed by atoms with van der Waals surface area (Å²) in [6.45, 7) is 1.93. The Balaban J connectivity index is 1.50. The molecule has 1 fully saturated rings. The van der Waals surface area contributed by atoms with Crippen LogP contribution in [0, 0.1) is 0 Å². The van der Waals surface area contributed by atoms with Crippen molar-refractivity contribution in [3.63, 3.8) is 0 Å². The number of aromatic nitrogens is 1. The molecule has 1 saturated heterocycles. The van der Waals surface area contributed by atoms with Crippen molar-refractivity contribution in [2.45, 2.75) is 18.6 Å². The zero-order valence-corrected chi connectivity index (χ0v) is 17.7. The molecule has 0 bridgehead atoms. The average molecular weight is 468 g/mol. The second-order valence-electron chi connectivity index (χ2n) is 7.69. The summed E-state index contributed by atoms with van der Waals surface area (Å²) >= 11 is 5.87. The van der Waals surface area contributed by atoms with Crippen LogP contribution in [0.1, 0.15) is 6.42 Å². The maximum Gasteiger partial charge on any atom is 0.409 e. The SMILES string of the molecule is O=C1CC(C(F)(F)F)N(C(=O)CN2CCN(c3ccc(Cl)cn3)CC2)c2ccccc2N1. The van der Waals surface area contributed by atoms with Crippen molar-refractivity contribution in [3.8, 4) is 0 Å². The summed E-state index contributed by atoms with van der Waals surface area (Å²) in [5.41, 5.74) is 0.242. The molecule has 7 nitrogen and oxygen atoms in total. The molecule has 0 radical (unpaired) electrons. The number of rotatable bonds is 3. The number of nitrogens with zero attached hydrogens (tertiary/aromatic N) is 4. The van der Waals surface area contributed by atoms with Gasteiger partial charge in [0.1, 0.15) is 11.9 Å². The Morgan fingerprint density at radius 1 is 1.12 bits per heavy atom. The average Bonchev–Trinajstić information content (AvgIpc) is 2.90. The summed E-state index contributed by atoms with van der Waals surface area (Å²) in [6, 6.07) is 7.37. The van der Waals surface area contributed by atoms with Crippen LogP contribution in [0.2, 0.25) is 5.02 Å². The van der Waals surface area contributed by atoms with Gasteiger partial charge in [0.05, 0.1) is 29.4 Å². The Bertz CT molecular complexity index is 994. The Morgan fingerprint density at radius 3 is 2.50 bits per heavy atom. The first-order chi connectivity index (χ1) is 15.2. The maximum absolute atomic E-state index is 13.8. The molecule has 1 aromatic heterocycles. The first kappa shape index (κ1) is 22.3. The van der Waals surface area contributed by atoms with Crippen molar-refractivity contribution in [2.75, 3.05) is 47.8 Å². The number of hydrogen-bond donors (Lipinski definition) is 1. The summed E-state index contributed by atoms with van der Waals surface area (Å²) in [5.74, 6) is -0.725. The number of hydrogen-bond acceptors (Lipinski definition) is 5. The number of amides is 2. The van der Waals surface area contributed by atoms with Crippen molar-refractivity contribution in [3.05, 3.63) is 47.6 Å². The molecule has 2 aromatic rings. The molecule has 1 aromatic carbocycles. The zero-order chi connectivity index (χ0) is 22.9. The molecule has 0 saturated carbocycles. The molecule has 11 heteroatoms. The highest BCUT2D eigenvalue weighted by molar-refractivity contribution is 6.30. The molecule has 1 atom stereocenters. The number of fused-ring (bicyclic) bond motifs is 1. The predicted octanol–water partition coefficient (Wildman–Crippen LogP) is 3.16. The van der Waals surface area contributed by atoms with Gasteiger partial charge < -0.3 is 10.2 Å². The molecular weight excluding hydrogens is 447 g/mol. The van der Waals surface area contributed by atoms with E-state index in [1.807, 2.05) is 9.80 Å². The molecule has 0 spiro atoms. The van der Waals surface area contributed by atoms with E-state index in [0.29, 0.717) is 31.2 Å². The molecule has 0 aliphatic carbocycles. The Kier molecular flexibility index (Phi) is 6.25. The van der Waals surface area contributed by atoms with Crippen molar-refractivity contribution in [2.24, 2.45) is 0 Å². The van der Waals surface area contributed by atoms with E-state index in [1.165, 1.54) is 12.1 Å². The molecule has 3 heterocycles. The van der Waals surface area contributed by atoms with Gasteiger partial charge in [-0.1, -0.05) is 23.7 Å². The number of benzene rings is 1. The molecule has 170 valence electrons. The first-order valence-electron chi connectivity index (χ1n) is 10.1. The van der Waals surface area contributed by atoms with Crippen molar-refractivity contribution >= 4 is 40.6 Å². The van der Waals surface area contributed by atoms with Crippen molar-refractivity contribution in [1.82, 2.24) is 9.88 Å². The highest BCUT2D eigenvalue weighted by Gasteiger charge is 2.49. The summed E-state index contributed by atoms with van der Waals surface area (Å²) in [6.07, 6.45) is -4.04. The topological polar surface area (TPSA) is 68.8 Å². The summed E-state index contributed by atoms with van der Waals surface area (Å²) in [5, 5.41) is 3.00. The van der Waals surface area contributed by atoms with Gasteiger partial charge in [0.25, 0.3) is 0 Å². The van der Waals surface area contributed by atoms with Crippen LogP contribution in [0.5, 0.6) is 0 Å². The quantitative estimate of drug-likeness (QED) is 0.751. The molecule has 32 heavy (non-hydrogen) atoms. The number of alkyl halides is 3. The fraction of sp³-hybridized carbons (Fsp3) is 0.381. The van der Waals surface area contributed by atoms with Gasteiger partial charge in [0.15, 0.2) is 0 Å². The van der Waals surface area contributed by atoms with E-state index in [1.54, 1.807) is 30.5 Å². The molecule has 4 rings (SSSR count). The van der Waals surface area contributed by atoms with E-state index in [0.717, 1.165) is 10.7 Å². The molecule has 2 aliphatic heterocycles. The Labute approximate surface area is 187 Å². The van der Waals surface area contributed by atoms with Gasteiger partial charge in [0.2, 0.25) is 11.8 Å². The van der Waals surface area contributed by atoms with Gasteiger partial charge in [-0.2, -0.15) is 13.2 Å². The summed E-state index contributed by atoms with van der Waals surface area (Å²) < 4.78 is 41.5. The number of piperazine rings is 1. The van der Waals surface area contributed by atoms with Crippen LogP contribution >= 0.6 is 11.6 Å². The van der Waals surface area contributed by atoms with Crippen LogP contribution < -0.4 is 15.1 Å². The first-order valence-corrected chi connectivity index (χ1v) is 10.5. The lowest BCUT2D eigenvalue weighted by Crippen LogP contribution is -2.55. The lowest BCUT2D eigenvalue weighted by atomic mass is 10.1. The predicted molar refractivity (Wildman–Crippen MR) is 115 cm³/mol. The second kappa shape index (κ2) is 8.95. The highest BCUT2D eigenvalue weighted by Crippen LogP contribution is 2.37. The third kappa shape index (κ3) is 4.81. The number of carbonyl (C=O) groups excluding carboxylic acids is 2. The number of carbonyl (C=O) groups is 2. The normalized spacial score (nSPS) is 19.9. The fourth-order valence-corrected chi connectivity index (χ4v) is 4.07. The summed E-state index contributed by atoms with van der Waals surface area (Å²) in [4.78, 5) is 34.1. The van der Waals surface area contributed by atoms with E-state index < -0.39 is 30.5 Å². The minimum Gasteiger partial charge on any atom is -0.354 e. The minimum absolute atomic E-state index is 0.0506. The van der Waals surface area contributed by atoms with E-state index >= 15 is 0 Å². The van der Waals surface area contributed by atoms with Crippen LogP contribution in [-0.4, -0.2) is 66.6 Å². The Hall–Kier alpha value is -2.85. The van der Waals surface area contributed by atoms with Gasteiger partial charge in [-0.25, -0.2) is 4.98 Å².